The molecule has 4 heteroatoms. The Kier molecular flexibility index (Phi) is 3.14. The fourth-order valence-electron chi connectivity index (χ4n) is 4.36. The summed E-state index contributed by atoms with van der Waals surface area (Å²) in [5, 5.41) is 0. The molecule has 21 heavy (non-hydrogen) atoms. The van der Waals surface area contributed by atoms with Crippen molar-refractivity contribution in [3.63, 3.8) is 0 Å². The van der Waals surface area contributed by atoms with E-state index in [1.165, 1.54) is 32.2 Å². The molecule has 2 bridgehead atoms. The Hall–Kier alpha value is -1.55. The second-order valence-corrected chi connectivity index (χ2v) is 6.97. The zero-order valence-corrected chi connectivity index (χ0v) is 12.6. The third kappa shape index (κ3) is 2.53. The highest BCUT2D eigenvalue weighted by Crippen LogP contribution is 2.48. The highest BCUT2D eigenvalue weighted by atomic mass is 16.3. The van der Waals surface area contributed by atoms with E-state index in [2.05, 4.69) is 16.9 Å². The fraction of sp³-hybridized carbons (Fsp3) is 0.588. The van der Waals surface area contributed by atoms with E-state index in [9.17, 15) is 0 Å². The summed E-state index contributed by atoms with van der Waals surface area (Å²) >= 11 is 0. The molecule has 0 radical (unpaired) electrons. The molecule has 1 aromatic carbocycles. The second kappa shape index (κ2) is 5.02. The van der Waals surface area contributed by atoms with Crippen molar-refractivity contribution in [3.8, 4) is 0 Å². The fourth-order valence-corrected chi connectivity index (χ4v) is 4.36. The Bertz CT molecular complexity index is 651. The zero-order valence-electron chi connectivity index (χ0n) is 12.6. The number of rotatable bonds is 4. The molecule has 2 aliphatic carbocycles. The molecule has 1 heterocycles. The van der Waals surface area contributed by atoms with Crippen LogP contribution in [-0.4, -0.2) is 23.5 Å². The van der Waals surface area contributed by atoms with Gasteiger partial charge in [-0.1, -0.05) is 6.42 Å². The van der Waals surface area contributed by atoms with Crippen LogP contribution in [-0.2, 0) is 6.54 Å². The standard InChI is InChI=1S/C17H23N3O/c1-20(9-13-7-11-2-3-12(13)6-11)10-17-19-15-8-14(18)4-5-16(15)21-17/h4-5,8,11-13H,2-3,6-7,9-10,18H2,1H3. The van der Waals surface area contributed by atoms with Gasteiger partial charge >= 0.3 is 0 Å². The van der Waals surface area contributed by atoms with E-state index < -0.39 is 0 Å². The van der Waals surface area contributed by atoms with Crippen molar-refractivity contribution in [1.82, 2.24) is 9.88 Å². The molecule has 3 unspecified atom stereocenters. The van der Waals surface area contributed by atoms with Gasteiger partial charge in [0, 0.05) is 12.2 Å². The number of fused-ring (bicyclic) bond motifs is 3. The van der Waals surface area contributed by atoms with Crippen molar-refractivity contribution in [2.45, 2.75) is 32.2 Å². The van der Waals surface area contributed by atoms with E-state index in [1.54, 1.807) is 0 Å². The Morgan fingerprint density at radius 1 is 1.33 bits per heavy atom. The van der Waals surface area contributed by atoms with Crippen molar-refractivity contribution in [3.05, 3.63) is 24.1 Å². The minimum absolute atomic E-state index is 0.734. The molecule has 4 rings (SSSR count). The van der Waals surface area contributed by atoms with Gasteiger partial charge in [0.2, 0.25) is 5.89 Å². The number of nitrogens with zero attached hydrogens (tertiary/aromatic N) is 2. The molecular formula is C17H23N3O. The van der Waals surface area contributed by atoms with E-state index in [-0.39, 0.29) is 0 Å². The molecule has 1 aromatic heterocycles. The topological polar surface area (TPSA) is 55.3 Å². The van der Waals surface area contributed by atoms with Crippen molar-refractivity contribution in [1.29, 1.82) is 0 Å². The van der Waals surface area contributed by atoms with Gasteiger partial charge < -0.3 is 10.2 Å². The summed E-state index contributed by atoms with van der Waals surface area (Å²) in [7, 11) is 2.18. The van der Waals surface area contributed by atoms with Crippen LogP contribution in [0.3, 0.4) is 0 Å². The zero-order chi connectivity index (χ0) is 14.4. The predicted octanol–water partition coefficient (Wildman–Crippen LogP) is 3.28. The Morgan fingerprint density at radius 2 is 2.24 bits per heavy atom. The number of aromatic nitrogens is 1. The summed E-state index contributed by atoms with van der Waals surface area (Å²) in [4.78, 5) is 6.91. The summed E-state index contributed by atoms with van der Waals surface area (Å²) in [5.74, 6) is 3.66. The van der Waals surface area contributed by atoms with Crippen LogP contribution in [0.15, 0.2) is 22.6 Å². The number of nitrogens with two attached hydrogens (primary N) is 1. The maximum absolute atomic E-state index is 5.81. The lowest BCUT2D eigenvalue weighted by Gasteiger charge is -2.26. The molecular weight excluding hydrogens is 262 g/mol. The number of anilines is 1. The lowest BCUT2D eigenvalue weighted by Crippen LogP contribution is -2.28. The molecule has 2 N–H and O–H groups in total. The summed E-state index contributed by atoms with van der Waals surface area (Å²) in [6.45, 7) is 1.95. The lowest BCUT2D eigenvalue weighted by molar-refractivity contribution is 0.202. The second-order valence-electron chi connectivity index (χ2n) is 6.97. The van der Waals surface area contributed by atoms with Crippen LogP contribution in [0.1, 0.15) is 31.6 Å². The maximum atomic E-state index is 5.81. The summed E-state index contributed by atoms with van der Waals surface area (Å²) in [5.41, 5.74) is 8.21. The Labute approximate surface area is 125 Å². The molecule has 112 valence electrons. The monoisotopic (exact) mass is 285 g/mol. The van der Waals surface area contributed by atoms with E-state index >= 15 is 0 Å². The SMILES string of the molecule is CN(Cc1nc2cc(N)ccc2o1)CC1CC2CCC1C2. The van der Waals surface area contributed by atoms with Crippen molar-refractivity contribution < 1.29 is 4.42 Å². The van der Waals surface area contributed by atoms with Crippen LogP contribution in [0.5, 0.6) is 0 Å². The number of hydrogen-bond acceptors (Lipinski definition) is 4. The summed E-state index contributed by atoms with van der Waals surface area (Å²) in [6, 6.07) is 5.63. The van der Waals surface area contributed by atoms with Crippen molar-refractivity contribution >= 4 is 16.8 Å². The van der Waals surface area contributed by atoms with Crippen LogP contribution in [0, 0.1) is 17.8 Å². The van der Waals surface area contributed by atoms with Crippen LogP contribution >= 0.6 is 0 Å². The minimum Gasteiger partial charge on any atom is -0.439 e. The van der Waals surface area contributed by atoms with Crippen LogP contribution in [0.25, 0.3) is 11.1 Å². The summed E-state index contributed by atoms with van der Waals surface area (Å²) < 4.78 is 5.81. The molecule has 0 saturated heterocycles. The third-order valence-electron chi connectivity index (χ3n) is 5.29. The minimum atomic E-state index is 0.734. The number of benzene rings is 1. The van der Waals surface area contributed by atoms with E-state index in [1.807, 2.05) is 18.2 Å². The normalized spacial score (nSPS) is 28.0. The first-order chi connectivity index (χ1) is 10.2. The summed E-state index contributed by atoms with van der Waals surface area (Å²) in [6.07, 6.45) is 5.82. The van der Waals surface area contributed by atoms with Gasteiger partial charge in [-0.15, -0.1) is 0 Å². The van der Waals surface area contributed by atoms with Crippen molar-refractivity contribution in [2.75, 3.05) is 19.3 Å². The molecule has 2 fully saturated rings. The molecule has 3 atom stereocenters. The average Bonchev–Trinajstić information content (AvgIpc) is 3.12. The van der Waals surface area contributed by atoms with E-state index in [4.69, 9.17) is 10.2 Å². The van der Waals surface area contributed by atoms with Gasteiger partial charge in [0.05, 0.1) is 6.54 Å². The molecule has 2 aromatic rings. The molecule has 0 amide bonds. The number of nitrogen functional groups attached to an aromatic ring is 1. The highest BCUT2D eigenvalue weighted by molar-refractivity contribution is 5.76. The van der Waals surface area contributed by atoms with Gasteiger partial charge in [-0.3, -0.25) is 4.90 Å². The maximum Gasteiger partial charge on any atom is 0.209 e. The highest BCUT2D eigenvalue weighted by Gasteiger charge is 2.39. The smallest absolute Gasteiger partial charge is 0.209 e. The first-order valence-corrected chi connectivity index (χ1v) is 8.01. The third-order valence-corrected chi connectivity index (χ3v) is 5.29. The van der Waals surface area contributed by atoms with E-state index in [0.29, 0.717) is 0 Å². The molecule has 2 aliphatic rings. The Balaban J connectivity index is 1.42. The Morgan fingerprint density at radius 3 is 3.00 bits per heavy atom. The number of hydrogen-bond donors (Lipinski definition) is 1. The van der Waals surface area contributed by atoms with Crippen LogP contribution in [0.4, 0.5) is 5.69 Å². The first-order valence-electron chi connectivity index (χ1n) is 8.01. The molecule has 2 saturated carbocycles. The first kappa shape index (κ1) is 13.1. The van der Waals surface area contributed by atoms with Gasteiger partial charge in [0.25, 0.3) is 0 Å². The lowest BCUT2D eigenvalue weighted by atomic mass is 9.88. The largest absolute Gasteiger partial charge is 0.439 e. The van der Waals surface area contributed by atoms with Gasteiger partial charge in [-0.25, -0.2) is 4.98 Å². The van der Waals surface area contributed by atoms with Gasteiger partial charge in [-0.05, 0) is 62.3 Å². The van der Waals surface area contributed by atoms with Gasteiger partial charge in [0.15, 0.2) is 5.58 Å². The number of oxazole rings is 1. The average molecular weight is 285 g/mol. The quantitative estimate of drug-likeness (QED) is 0.876. The van der Waals surface area contributed by atoms with Crippen LogP contribution < -0.4 is 5.73 Å². The van der Waals surface area contributed by atoms with Crippen molar-refractivity contribution in [2.24, 2.45) is 17.8 Å². The van der Waals surface area contributed by atoms with E-state index in [0.717, 1.165) is 47.0 Å². The molecule has 0 aliphatic heterocycles. The molecule has 0 spiro atoms. The van der Waals surface area contributed by atoms with Gasteiger partial charge in [-0.2, -0.15) is 0 Å². The molecule has 4 nitrogen and oxygen atoms in total. The predicted molar refractivity (Wildman–Crippen MR) is 83.7 cm³/mol. The van der Waals surface area contributed by atoms with Gasteiger partial charge in [0.1, 0.15) is 5.52 Å². The van der Waals surface area contributed by atoms with Crippen LogP contribution in [0.2, 0.25) is 0 Å².